The molecule has 362 valence electrons. The van der Waals surface area contributed by atoms with Crippen LogP contribution >= 0.6 is 22.7 Å². The number of aromatic nitrogens is 2. The van der Waals surface area contributed by atoms with Gasteiger partial charge in [0.25, 0.3) is 0 Å². The summed E-state index contributed by atoms with van der Waals surface area (Å²) in [7, 11) is 1.34. The monoisotopic (exact) mass is 992 g/mol. The minimum absolute atomic E-state index is 0. The number of alkyl halides is 6. The average Bonchev–Trinajstić information content (AvgIpc) is 4.18. The van der Waals surface area contributed by atoms with Crippen LogP contribution in [0.4, 0.5) is 26.3 Å². The highest BCUT2D eigenvalue weighted by molar-refractivity contribution is 7.15. The number of hydrogen-bond donors (Lipinski definition) is 1. The largest absolute Gasteiger partial charge is 0.488 e. The van der Waals surface area contributed by atoms with Gasteiger partial charge in [-0.1, -0.05) is 73.7 Å². The van der Waals surface area contributed by atoms with Crippen molar-refractivity contribution < 1.29 is 64.3 Å². The second kappa shape index (κ2) is 23.7. The van der Waals surface area contributed by atoms with E-state index in [2.05, 4.69) is 10.3 Å². The molecule has 0 bridgehead atoms. The van der Waals surface area contributed by atoms with Gasteiger partial charge < -0.3 is 28.4 Å². The molecule has 18 heteroatoms. The maximum absolute atomic E-state index is 12.8. The molecule has 0 spiro atoms. The Balaban J connectivity index is 0.000000250. The molecule has 69 heavy (non-hydrogen) atoms. The van der Waals surface area contributed by atoms with E-state index < -0.39 is 35.4 Å². The summed E-state index contributed by atoms with van der Waals surface area (Å²) in [5, 5.41) is 17.0. The molecule has 4 aromatic carbocycles. The molecule has 4 heterocycles. The maximum atomic E-state index is 12.8. The Morgan fingerprint density at radius 2 is 0.957 bits per heavy atom. The van der Waals surface area contributed by atoms with Gasteiger partial charge in [0.15, 0.2) is 0 Å². The Hall–Kier alpha value is -7.18. The van der Waals surface area contributed by atoms with Crippen LogP contribution in [0, 0.1) is 0 Å². The van der Waals surface area contributed by atoms with Crippen molar-refractivity contribution in [3.05, 3.63) is 189 Å². The summed E-state index contributed by atoms with van der Waals surface area (Å²) in [6, 6.07) is 35.4. The number of benzene rings is 4. The molecule has 10 nitrogen and oxygen atoms in total. The maximum Gasteiger partial charge on any atom is 0.416 e. The van der Waals surface area contributed by atoms with Crippen molar-refractivity contribution in [1.82, 2.24) is 10.3 Å². The highest BCUT2D eigenvalue weighted by Gasteiger charge is 2.31. The number of hydrogen-bond acceptors (Lipinski definition) is 11. The topological polar surface area (TPSA) is 134 Å². The number of ether oxygens (including phenoxy) is 3. The number of nitrogens with zero attached hydrogens (tertiary/aromatic N) is 2. The van der Waals surface area contributed by atoms with Crippen molar-refractivity contribution in [2.45, 2.75) is 65.1 Å². The van der Waals surface area contributed by atoms with Gasteiger partial charge in [-0.25, -0.2) is 0 Å². The van der Waals surface area contributed by atoms with E-state index in [0.29, 0.717) is 41.7 Å². The van der Waals surface area contributed by atoms with Crippen molar-refractivity contribution >= 4 is 34.6 Å². The third-order valence-electron chi connectivity index (χ3n) is 10.3. The SMILES string of the molecule is C.C.COC(=O)C[C@@H](c1ccc(OCc2ccc(-c3ccc(C(F)(F)F)cc3)s2)cc1)c1ccon1.O=C(O)C[C@@H](c1ccc(OCc2ccc(-c3ccc(C(F)(F)F)cc3)s2)cc1)c1ccon1. The molecule has 8 aromatic rings. The molecule has 0 radical (unpaired) electrons. The predicted octanol–water partition coefficient (Wildman–Crippen LogP) is 14.6. The average molecular weight is 993 g/mol. The lowest BCUT2D eigenvalue weighted by Gasteiger charge is -2.14. The third kappa shape index (κ3) is 14.4. The van der Waals surface area contributed by atoms with E-state index in [0.717, 1.165) is 60.5 Å². The number of carbonyl (C=O) groups excluding carboxylic acids is 1. The zero-order valence-corrected chi connectivity index (χ0v) is 36.8. The van der Waals surface area contributed by atoms with Crippen LogP contribution in [0.5, 0.6) is 11.5 Å². The lowest BCUT2D eigenvalue weighted by atomic mass is 9.92. The number of halogens is 6. The van der Waals surface area contributed by atoms with Gasteiger partial charge in [0, 0.05) is 43.5 Å². The predicted molar refractivity (Wildman–Crippen MR) is 250 cm³/mol. The number of thiophene rings is 2. The van der Waals surface area contributed by atoms with Gasteiger partial charge in [-0.05, 0) is 95.1 Å². The van der Waals surface area contributed by atoms with E-state index in [-0.39, 0.29) is 39.6 Å². The van der Waals surface area contributed by atoms with Crippen LogP contribution < -0.4 is 9.47 Å². The molecule has 0 saturated heterocycles. The first kappa shape index (κ1) is 52.8. The van der Waals surface area contributed by atoms with Crippen LogP contribution in [0.15, 0.2) is 155 Å². The first-order valence-electron chi connectivity index (χ1n) is 20.2. The van der Waals surface area contributed by atoms with Crippen LogP contribution in [0.2, 0.25) is 0 Å². The summed E-state index contributed by atoms with van der Waals surface area (Å²) in [6.07, 6.45) is -5.83. The normalized spacial score (nSPS) is 12.0. The second-order valence-corrected chi connectivity index (χ2v) is 17.1. The zero-order chi connectivity index (χ0) is 47.6. The van der Waals surface area contributed by atoms with Crippen molar-refractivity contribution in [2.24, 2.45) is 0 Å². The summed E-state index contributed by atoms with van der Waals surface area (Å²) in [5.74, 6) is -0.773. The number of carboxylic acids is 1. The zero-order valence-electron chi connectivity index (χ0n) is 35.1. The van der Waals surface area contributed by atoms with Gasteiger partial charge in [0.1, 0.15) is 37.2 Å². The van der Waals surface area contributed by atoms with E-state index in [1.165, 1.54) is 66.6 Å². The van der Waals surface area contributed by atoms with Gasteiger partial charge in [0.05, 0.1) is 42.5 Å². The summed E-state index contributed by atoms with van der Waals surface area (Å²) in [5.41, 5.74) is 2.90. The number of esters is 1. The third-order valence-corrected chi connectivity index (χ3v) is 12.5. The van der Waals surface area contributed by atoms with Gasteiger partial charge in [-0.3, -0.25) is 9.59 Å². The van der Waals surface area contributed by atoms with Crippen molar-refractivity contribution in [2.75, 3.05) is 7.11 Å². The highest BCUT2D eigenvalue weighted by Crippen LogP contribution is 2.36. The van der Waals surface area contributed by atoms with Gasteiger partial charge in [0.2, 0.25) is 0 Å². The van der Waals surface area contributed by atoms with E-state index >= 15 is 0 Å². The second-order valence-electron chi connectivity index (χ2n) is 14.7. The van der Waals surface area contributed by atoms with Gasteiger partial charge in [-0.2, -0.15) is 26.3 Å². The van der Waals surface area contributed by atoms with Crippen LogP contribution in [-0.4, -0.2) is 34.5 Å². The number of methoxy groups -OCH3 is 1. The molecule has 1 N–H and O–H groups in total. The molecule has 0 saturated carbocycles. The standard InChI is InChI=1S/C25H20F3NO4S.C24H18F3NO4S.2CH4/c1-31-24(30)14-21(22-12-13-33-29-22)16-4-8-19(9-5-16)32-15-20-10-11-23(34-20)17-2-6-18(7-3-17)25(26,27)28;25-24(26,27)17-5-1-16(2-6-17)22-10-9-19(33-22)14-31-18-7-3-15(4-8-18)20(13-23(29)30)21-11-12-32-28-21;;/h2-13,21H,14-15H2,1H3;1-12,20H,13-14H2,(H,29,30);2*1H4/t21-;20-;;/m00../s1. The molecule has 0 amide bonds. The van der Waals surface area contributed by atoms with Crippen molar-refractivity contribution in [1.29, 1.82) is 0 Å². The van der Waals surface area contributed by atoms with E-state index in [1.54, 1.807) is 36.4 Å². The van der Waals surface area contributed by atoms with Gasteiger partial charge in [-0.15, -0.1) is 22.7 Å². The summed E-state index contributed by atoms with van der Waals surface area (Å²) >= 11 is 2.90. The minimum atomic E-state index is -4.36. The fourth-order valence-corrected chi connectivity index (χ4v) is 8.64. The number of aliphatic carboxylic acids is 1. The van der Waals surface area contributed by atoms with Crippen LogP contribution in [0.3, 0.4) is 0 Å². The summed E-state index contributed by atoms with van der Waals surface area (Å²) in [6.45, 7) is 0.617. The van der Waals surface area contributed by atoms with Crippen molar-refractivity contribution in [3.63, 3.8) is 0 Å². The fourth-order valence-electron chi connectivity index (χ4n) is 6.78. The molecule has 0 fully saturated rings. The molecular weight excluding hydrogens is 947 g/mol. The first-order valence-corrected chi connectivity index (χ1v) is 21.8. The fraction of sp³-hybridized carbons (Fsp3) is 0.216. The van der Waals surface area contributed by atoms with E-state index in [1.807, 2.05) is 48.5 Å². The Labute approximate surface area is 401 Å². The molecule has 0 aliphatic carbocycles. The summed E-state index contributed by atoms with van der Waals surface area (Å²) < 4.78 is 103. The Morgan fingerprint density at radius 1 is 0.565 bits per heavy atom. The van der Waals surface area contributed by atoms with Crippen LogP contribution in [0.1, 0.15) is 82.9 Å². The molecule has 0 aliphatic heterocycles. The number of rotatable bonds is 16. The molecule has 2 atom stereocenters. The molecule has 4 aromatic heterocycles. The highest BCUT2D eigenvalue weighted by atomic mass is 32.1. The molecule has 0 aliphatic rings. The number of carbonyl (C=O) groups is 2. The molecule has 0 unspecified atom stereocenters. The Kier molecular flexibility index (Phi) is 18.1. The van der Waals surface area contributed by atoms with Gasteiger partial charge >= 0.3 is 24.3 Å². The first-order chi connectivity index (χ1) is 32.1. The Bertz CT molecular complexity index is 2810. The lowest BCUT2D eigenvalue weighted by Crippen LogP contribution is -2.10. The lowest BCUT2D eigenvalue weighted by molar-refractivity contribution is -0.141. The Morgan fingerprint density at radius 3 is 1.29 bits per heavy atom. The van der Waals surface area contributed by atoms with E-state index in [9.17, 15) is 41.0 Å². The molecule has 8 rings (SSSR count). The minimum Gasteiger partial charge on any atom is -0.488 e. The van der Waals surface area contributed by atoms with Crippen LogP contribution in [0.25, 0.3) is 20.9 Å². The van der Waals surface area contributed by atoms with Crippen molar-refractivity contribution in [3.8, 4) is 32.4 Å². The quantitative estimate of drug-likeness (QED) is 0.0736. The molecular formula is C51H46F6N2O8S2. The smallest absolute Gasteiger partial charge is 0.416 e. The summed E-state index contributed by atoms with van der Waals surface area (Å²) in [4.78, 5) is 26.6. The van der Waals surface area contributed by atoms with E-state index in [4.69, 9.17) is 23.3 Å². The number of carboxylic acid groups (broad SMARTS) is 1. The van der Waals surface area contributed by atoms with Crippen LogP contribution in [-0.2, 0) is 39.9 Å².